The lowest BCUT2D eigenvalue weighted by Crippen LogP contribution is -1.84. The highest BCUT2D eigenvalue weighted by molar-refractivity contribution is 5.18. The molecule has 17 heavy (non-hydrogen) atoms. The van der Waals surface area contributed by atoms with Crippen LogP contribution in [0.2, 0.25) is 0 Å². The predicted molar refractivity (Wildman–Crippen MR) is 80.2 cm³/mol. The molecule has 96 valence electrons. The van der Waals surface area contributed by atoms with Crippen LogP contribution in [-0.2, 0) is 0 Å². The summed E-state index contributed by atoms with van der Waals surface area (Å²) < 4.78 is 0. The van der Waals surface area contributed by atoms with Gasteiger partial charge in [0.25, 0.3) is 0 Å². The summed E-state index contributed by atoms with van der Waals surface area (Å²) in [7, 11) is 0. The first-order valence-electron chi connectivity index (χ1n) is 6.52. The van der Waals surface area contributed by atoms with Crippen LogP contribution in [-0.4, -0.2) is 0 Å². The Balaban J connectivity index is 4.19. The maximum atomic E-state index is 3.73. The third-order valence-electron chi connectivity index (χ3n) is 3.03. The molecule has 0 aliphatic carbocycles. The molecule has 0 atom stereocenters. The summed E-state index contributed by atoms with van der Waals surface area (Å²) in [5, 5.41) is 0. The molecule has 0 radical (unpaired) electrons. The summed E-state index contributed by atoms with van der Waals surface area (Å²) in [5.74, 6) is 0. The van der Waals surface area contributed by atoms with E-state index in [4.69, 9.17) is 0 Å². The van der Waals surface area contributed by atoms with E-state index in [-0.39, 0.29) is 0 Å². The summed E-state index contributed by atoms with van der Waals surface area (Å²) in [6.07, 6.45) is 11.0. The fourth-order valence-electron chi connectivity index (χ4n) is 1.53. The average Bonchev–Trinajstić information content (AvgIpc) is 2.26. The normalized spacial score (nSPS) is 12.5. The highest BCUT2D eigenvalue weighted by Crippen LogP contribution is 2.15. The highest BCUT2D eigenvalue weighted by atomic mass is 14.0. The summed E-state index contributed by atoms with van der Waals surface area (Å²) in [5.41, 5.74) is 5.87. The van der Waals surface area contributed by atoms with Crippen molar-refractivity contribution < 1.29 is 0 Å². The second-order valence-electron chi connectivity index (χ2n) is 5.13. The Morgan fingerprint density at radius 2 is 1.53 bits per heavy atom. The first kappa shape index (κ1) is 16.0. The Morgan fingerprint density at radius 3 is 2.06 bits per heavy atom. The van der Waals surface area contributed by atoms with Crippen LogP contribution in [0.3, 0.4) is 0 Å². The molecule has 0 spiro atoms. The van der Waals surface area contributed by atoms with E-state index < -0.39 is 0 Å². The van der Waals surface area contributed by atoms with Crippen molar-refractivity contribution >= 4 is 0 Å². The number of hydrogen-bond acceptors (Lipinski definition) is 0. The zero-order valence-corrected chi connectivity index (χ0v) is 12.3. The minimum absolute atomic E-state index is 1.08. The van der Waals surface area contributed by atoms with Crippen molar-refractivity contribution in [2.45, 2.75) is 60.3 Å². The Labute approximate surface area is 108 Å². The van der Waals surface area contributed by atoms with Gasteiger partial charge in [-0.25, -0.2) is 0 Å². The molecule has 0 aromatic rings. The number of rotatable bonds is 7. The molecule has 0 bridgehead atoms. The van der Waals surface area contributed by atoms with Crippen LogP contribution in [0.4, 0.5) is 0 Å². The molecular formula is C17H28. The molecular weight excluding hydrogens is 204 g/mol. The van der Waals surface area contributed by atoms with E-state index >= 15 is 0 Å². The lowest BCUT2D eigenvalue weighted by molar-refractivity contribution is 1.01. The van der Waals surface area contributed by atoms with Crippen molar-refractivity contribution in [3.05, 3.63) is 47.1 Å². The van der Waals surface area contributed by atoms with Gasteiger partial charge in [-0.3, -0.25) is 0 Å². The SMILES string of the molecule is C=CCC/C=C(\C)CC=C(C)CC(C)=C(C)C. The number of allylic oxidation sites excluding steroid dienone is 7. The van der Waals surface area contributed by atoms with Crippen molar-refractivity contribution in [1.29, 1.82) is 0 Å². The van der Waals surface area contributed by atoms with E-state index in [1.54, 1.807) is 0 Å². The quantitative estimate of drug-likeness (QED) is 0.374. The predicted octanol–water partition coefficient (Wildman–Crippen LogP) is 5.98. The molecule has 0 unspecified atom stereocenters. The van der Waals surface area contributed by atoms with Crippen LogP contribution >= 0.6 is 0 Å². The Kier molecular flexibility index (Phi) is 8.49. The molecule has 0 amide bonds. The van der Waals surface area contributed by atoms with E-state index in [2.05, 4.69) is 53.3 Å². The monoisotopic (exact) mass is 232 g/mol. The first-order valence-corrected chi connectivity index (χ1v) is 6.52. The van der Waals surface area contributed by atoms with Crippen LogP contribution in [0.1, 0.15) is 60.3 Å². The summed E-state index contributed by atoms with van der Waals surface area (Å²) in [4.78, 5) is 0. The topological polar surface area (TPSA) is 0 Å². The van der Waals surface area contributed by atoms with Gasteiger partial charge in [0.05, 0.1) is 0 Å². The lowest BCUT2D eigenvalue weighted by Gasteiger charge is -2.05. The van der Waals surface area contributed by atoms with Crippen molar-refractivity contribution in [3.63, 3.8) is 0 Å². The van der Waals surface area contributed by atoms with E-state index in [1.807, 2.05) is 6.08 Å². The van der Waals surface area contributed by atoms with Gasteiger partial charge in [0.2, 0.25) is 0 Å². The molecule has 0 N–H and O–H groups in total. The molecule has 0 rings (SSSR count). The minimum Gasteiger partial charge on any atom is -0.103 e. The third-order valence-corrected chi connectivity index (χ3v) is 3.03. The van der Waals surface area contributed by atoms with Gasteiger partial charge in [0.1, 0.15) is 0 Å². The second kappa shape index (κ2) is 9.04. The van der Waals surface area contributed by atoms with Crippen LogP contribution in [0.25, 0.3) is 0 Å². The second-order valence-corrected chi connectivity index (χ2v) is 5.13. The maximum absolute atomic E-state index is 3.73. The zero-order chi connectivity index (χ0) is 13.3. The molecule has 0 heterocycles. The lowest BCUT2D eigenvalue weighted by atomic mass is 10.0. The molecule has 0 nitrogen and oxygen atoms in total. The summed E-state index contributed by atoms with van der Waals surface area (Å²) in [6, 6.07) is 0. The van der Waals surface area contributed by atoms with Crippen molar-refractivity contribution in [2.75, 3.05) is 0 Å². The van der Waals surface area contributed by atoms with E-state index in [0.29, 0.717) is 0 Å². The van der Waals surface area contributed by atoms with Gasteiger partial charge in [-0.2, -0.15) is 0 Å². The van der Waals surface area contributed by atoms with Gasteiger partial charge < -0.3 is 0 Å². The van der Waals surface area contributed by atoms with Crippen LogP contribution in [0.15, 0.2) is 47.1 Å². The average molecular weight is 232 g/mol. The molecule has 0 aromatic carbocycles. The zero-order valence-electron chi connectivity index (χ0n) is 12.3. The van der Waals surface area contributed by atoms with Gasteiger partial charge in [0, 0.05) is 0 Å². The number of unbranched alkanes of at least 4 members (excludes halogenated alkanes) is 1. The smallest absolute Gasteiger partial charge is 0.0111 e. The van der Waals surface area contributed by atoms with E-state index in [9.17, 15) is 0 Å². The molecule has 0 saturated heterocycles. The Bertz CT molecular complexity index is 320. The van der Waals surface area contributed by atoms with Gasteiger partial charge in [-0.1, -0.05) is 40.5 Å². The molecule has 0 aliphatic rings. The Hall–Kier alpha value is -1.04. The number of hydrogen-bond donors (Lipinski definition) is 0. The standard InChI is InChI=1S/C17H28/c1-7-8-9-10-15(4)11-12-16(5)13-17(6)14(2)3/h7,10,12H,1,8-9,11,13H2,2-6H3/b15-10+,16-12?. The molecule has 0 aromatic heterocycles. The third kappa shape index (κ3) is 8.74. The summed E-state index contributed by atoms with van der Waals surface area (Å²) in [6.45, 7) is 14.8. The molecule has 0 saturated carbocycles. The van der Waals surface area contributed by atoms with Gasteiger partial charge in [-0.05, 0) is 60.3 Å². The highest BCUT2D eigenvalue weighted by Gasteiger charge is 1.95. The molecule has 0 heteroatoms. The van der Waals surface area contributed by atoms with Crippen LogP contribution in [0, 0.1) is 0 Å². The molecule has 0 aliphatic heterocycles. The molecule has 0 fully saturated rings. The fourth-order valence-corrected chi connectivity index (χ4v) is 1.53. The summed E-state index contributed by atoms with van der Waals surface area (Å²) >= 11 is 0. The van der Waals surface area contributed by atoms with Gasteiger partial charge in [-0.15, -0.1) is 6.58 Å². The van der Waals surface area contributed by atoms with E-state index in [0.717, 1.165) is 25.7 Å². The van der Waals surface area contributed by atoms with Crippen molar-refractivity contribution in [1.82, 2.24) is 0 Å². The fraction of sp³-hybridized carbons (Fsp3) is 0.529. The van der Waals surface area contributed by atoms with E-state index in [1.165, 1.54) is 22.3 Å². The van der Waals surface area contributed by atoms with Crippen molar-refractivity contribution in [2.24, 2.45) is 0 Å². The van der Waals surface area contributed by atoms with Gasteiger partial charge in [0.15, 0.2) is 0 Å². The van der Waals surface area contributed by atoms with Crippen LogP contribution < -0.4 is 0 Å². The van der Waals surface area contributed by atoms with Crippen LogP contribution in [0.5, 0.6) is 0 Å². The first-order chi connectivity index (χ1) is 7.97. The maximum Gasteiger partial charge on any atom is -0.0111 e. The largest absolute Gasteiger partial charge is 0.103 e. The Morgan fingerprint density at radius 1 is 0.882 bits per heavy atom. The van der Waals surface area contributed by atoms with Crippen molar-refractivity contribution in [3.8, 4) is 0 Å². The minimum atomic E-state index is 1.08. The van der Waals surface area contributed by atoms with Gasteiger partial charge >= 0.3 is 0 Å².